The maximum absolute atomic E-state index is 12.7. The number of hydrogen-bond donors (Lipinski definition) is 1. The van der Waals surface area contributed by atoms with E-state index in [4.69, 9.17) is 4.52 Å². The highest BCUT2D eigenvalue weighted by Gasteiger charge is 2.23. The van der Waals surface area contributed by atoms with Crippen molar-refractivity contribution in [1.29, 1.82) is 0 Å². The molecule has 5 heteroatoms. The van der Waals surface area contributed by atoms with Crippen LogP contribution in [0, 0.1) is 6.92 Å². The Morgan fingerprint density at radius 1 is 0.966 bits per heavy atom. The third-order valence-corrected chi connectivity index (χ3v) is 4.64. The van der Waals surface area contributed by atoms with Crippen molar-refractivity contribution in [3.63, 3.8) is 0 Å². The van der Waals surface area contributed by atoms with Gasteiger partial charge in [-0.05, 0) is 30.7 Å². The van der Waals surface area contributed by atoms with E-state index in [1.807, 2.05) is 79.7 Å². The zero-order chi connectivity index (χ0) is 20.1. The molecule has 0 radical (unpaired) electrons. The number of nitrogens with zero attached hydrogens (tertiary/aromatic N) is 2. The van der Waals surface area contributed by atoms with Crippen LogP contribution in [0.2, 0.25) is 0 Å². The number of amides is 1. The molecule has 1 heterocycles. The molecule has 3 aromatic carbocycles. The van der Waals surface area contributed by atoms with Gasteiger partial charge in [-0.3, -0.25) is 4.79 Å². The number of carbonyl (C=O) groups excluding carboxylic acids is 1. The highest BCUT2D eigenvalue weighted by molar-refractivity contribution is 5.94. The Kier molecular flexibility index (Phi) is 5.47. The first-order valence-corrected chi connectivity index (χ1v) is 9.49. The quantitative estimate of drug-likeness (QED) is 0.521. The molecule has 144 valence electrons. The molecule has 4 aromatic rings. The molecule has 0 fully saturated rings. The van der Waals surface area contributed by atoms with E-state index in [1.54, 1.807) is 12.1 Å². The average molecular weight is 383 g/mol. The molecule has 0 saturated heterocycles. The molecule has 1 amide bonds. The smallest absolute Gasteiger partial charge is 0.251 e. The Morgan fingerprint density at radius 3 is 2.41 bits per heavy atom. The molecule has 1 N–H and O–H groups in total. The van der Waals surface area contributed by atoms with Gasteiger partial charge in [0.25, 0.3) is 5.91 Å². The fourth-order valence-electron chi connectivity index (χ4n) is 3.16. The van der Waals surface area contributed by atoms with Crippen molar-refractivity contribution >= 4 is 5.91 Å². The summed E-state index contributed by atoms with van der Waals surface area (Å²) >= 11 is 0. The maximum Gasteiger partial charge on any atom is 0.251 e. The third kappa shape index (κ3) is 4.58. The van der Waals surface area contributed by atoms with Crippen LogP contribution in [0.1, 0.15) is 33.4 Å². The summed E-state index contributed by atoms with van der Waals surface area (Å²) in [5.41, 5.74) is 3.66. The van der Waals surface area contributed by atoms with E-state index in [1.165, 1.54) is 0 Å². The highest BCUT2D eigenvalue weighted by atomic mass is 16.5. The van der Waals surface area contributed by atoms with E-state index in [2.05, 4.69) is 15.5 Å². The van der Waals surface area contributed by atoms with Crippen LogP contribution in [-0.4, -0.2) is 16.0 Å². The van der Waals surface area contributed by atoms with Gasteiger partial charge in [0.05, 0.1) is 0 Å². The van der Waals surface area contributed by atoms with Crippen molar-refractivity contribution in [2.75, 3.05) is 0 Å². The Bertz CT molecular complexity index is 1090. The maximum atomic E-state index is 12.7. The molecule has 5 nitrogen and oxygen atoms in total. The summed E-state index contributed by atoms with van der Waals surface area (Å²) in [5.74, 6) is 0.715. The second-order valence-electron chi connectivity index (χ2n) is 6.91. The second-order valence-corrected chi connectivity index (χ2v) is 6.91. The molecule has 0 spiro atoms. The van der Waals surface area contributed by atoms with Gasteiger partial charge in [-0.15, -0.1) is 0 Å². The number of aryl methyl sites for hydroxylation is 1. The minimum absolute atomic E-state index is 0.179. The van der Waals surface area contributed by atoms with E-state index < -0.39 is 6.04 Å². The summed E-state index contributed by atoms with van der Waals surface area (Å²) in [4.78, 5) is 17.3. The lowest BCUT2D eigenvalue weighted by Gasteiger charge is -2.15. The zero-order valence-electron chi connectivity index (χ0n) is 16.1. The standard InChI is InChI=1S/C24H21N3O2/c1-17-9-8-14-20(15-17)22-26-24(29-27-22)21(16-18-10-4-2-5-11-18)25-23(28)19-12-6-3-7-13-19/h2-15,21H,16H2,1H3,(H,25,28)/t21-/m1/s1. The molecule has 0 aliphatic heterocycles. The number of nitrogens with one attached hydrogen (secondary N) is 1. The first-order chi connectivity index (χ1) is 14.2. The number of hydrogen-bond acceptors (Lipinski definition) is 4. The summed E-state index contributed by atoms with van der Waals surface area (Å²) in [5, 5.41) is 7.17. The number of benzene rings is 3. The van der Waals surface area contributed by atoms with Gasteiger partial charge in [0.1, 0.15) is 6.04 Å². The Labute approximate surface area is 169 Å². The molecule has 0 unspecified atom stereocenters. The fourth-order valence-corrected chi connectivity index (χ4v) is 3.16. The van der Waals surface area contributed by atoms with Gasteiger partial charge in [0.2, 0.25) is 11.7 Å². The molecule has 0 saturated carbocycles. The first kappa shape index (κ1) is 18.6. The summed E-state index contributed by atoms with van der Waals surface area (Å²) in [6, 6.07) is 26.5. The summed E-state index contributed by atoms with van der Waals surface area (Å²) in [6.45, 7) is 2.02. The summed E-state index contributed by atoms with van der Waals surface area (Å²) in [7, 11) is 0. The van der Waals surface area contributed by atoms with E-state index in [0.29, 0.717) is 23.7 Å². The Morgan fingerprint density at radius 2 is 1.69 bits per heavy atom. The minimum atomic E-state index is -0.434. The highest BCUT2D eigenvalue weighted by Crippen LogP contribution is 2.22. The molecule has 1 atom stereocenters. The van der Waals surface area contributed by atoms with Crippen LogP contribution in [0.3, 0.4) is 0 Å². The lowest BCUT2D eigenvalue weighted by Crippen LogP contribution is -2.30. The lowest BCUT2D eigenvalue weighted by molar-refractivity contribution is 0.0928. The summed E-state index contributed by atoms with van der Waals surface area (Å²) < 4.78 is 5.55. The largest absolute Gasteiger partial charge is 0.340 e. The number of rotatable bonds is 6. The van der Waals surface area contributed by atoms with Crippen LogP contribution in [0.25, 0.3) is 11.4 Å². The van der Waals surface area contributed by atoms with Gasteiger partial charge in [0.15, 0.2) is 0 Å². The molecule has 0 aliphatic rings. The molecule has 1 aromatic heterocycles. The zero-order valence-corrected chi connectivity index (χ0v) is 16.1. The van der Waals surface area contributed by atoms with Crippen LogP contribution >= 0.6 is 0 Å². The van der Waals surface area contributed by atoms with Crippen molar-refractivity contribution < 1.29 is 9.32 Å². The first-order valence-electron chi connectivity index (χ1n) is 9.49. The normalized spacial score (nSPS) is 11.8. The van der Waals surface area contributed by atoms with Crippen LogP contribution in [0.15, 0.2) is 89.5 Å². The van der Waals surface area contributed by atoms with Gasteiger partial charge in [0, 0.05) is 17.5 Å². The van der Waals surface area contributed by atoms with Crippen LogP contribution in [0.5, 0.6) is 0 Å². The average Bonchev–Trinajstić information content (AvgIpc) is 3.25. The molecule has 4 rings (SSSR count). The van der Waals surface area contributed by atoms with Crippen molar-refractivity contribution in [1.82, 2.24) is 15.5 Å². The van der Waals surface area contributed by atoms with Crippen LogP contribution in [0.4, 0.5) is 0 Å². The van der Waals surface area contributed by atoms with Crippen LogP contribution < -0.4 is 5.32 Å². The van der Waals surface area contributed by atoms with Gasteiger partial charge < -0.3 is 9.84 Å². The number of carbonyl (C=O) groups is 1. The second kappa shape index (κ2) is 8.52. The van der Waals surface area contributed by atoms with Crippen LogP contribution in [-0.2, 0) is 6.42 Å². The van der Waals surface area contributed by atoms with Gasteiger partial charge >= 0.3 is 0 Å². The van der Waals surface area contributed by atoms with E-state index in [9.17, 15) is 4.79 Å². The fraction of sp³-hybridized carbons (Fsp3) is 0.125. The predicted octanol–water partition coefficient (Wildman–Crippen LogP) is 4.76. The van der Waals surface area contributed by atoms with Gasteiger partial charge in [-0.1, -0.05) is 77.5 Å². The SMILES string of the molecule is Cc1cccc(-c2noc([C@@H](Cc3ccccc3)NC(=O)c3ccccc3)n2)c1. The van der Waals surface area contributed by atoms with E-state index in [0.717, 1.165) is 16.7 Å². The molecule has 0 aliphatic carbocycles. The minimum Gasteiger partial charge on any atom is -0.340 e. The Balaban J connectivity index is 1.62. The van der Waals surface area contributed by atoms with Crippen molar-refractivity contribution in [2.45, 2.75) is 19.4 Å². The molecular weight excluding hydrogens is 362 g/mol. The van der Waals surface area contributed by atoms with Crippen molar-refractivity contribution in [3.8, 4) is 11.4 Å². The lowest BCUT2D eigenvalue weighted by atomic mass is 10.1. The van der Waals surface area contributed by atoms with Gasteiger partial charge in [-0.25, -0.2) is 0 Å². The van der Waals surface area contributed by atoms with Crippen molar-refractivity contribution in [2.24, 2.45) is 0 Å². The third-order valence-electron chi connectivity index (χ3n) is 4.64. The predicted molar refractivity (Wildman–Crippen MR) is 111 cm³/mol. The number of aromatic nitrogens is 2. The molecule has 29 heavy (non-hydrogen) atoms. The monoisotopic (exact) mass is 383 g/mol. The van der Waals surface area contributed by atoms with E-state index in [-0.39, 0.29) is 5.91 Å². The summed E-state index contributed by atoms with van der Waals surface area (Å²) in [6.07, 6.45) is 0.550. The molecule has 0 bridgehead atoms. The molecular formula is C24H21N3O2. The Hall–Kier alpha value is -3.73. The van der Waals surface area contributed by atoms with Gasteiger partial charge in [-0.2, -0.15) is 4.98 Å². The van der Waals surface area contributed by atoms with E-state index >= 15 is 0 Å². The topological polar surface area (TPSA) is 68.0 Å². The van der Waals surface area contributed by atoms with Crippen molar-refractivity contribution in [3.05, 3.63) is 108 Å².